The minimum atomic E-state index is -0.236. The van der Waals surface area contributed by atoms with Crippen LogP contribution < -0.4 is 5.32 Å². The summed E-state index contributed by atoms with van der Waals surface area (Å²) >= 11 is 0. The Labute approximate surface area is 146 Å². The quantitative estimate of drug-likeness (QED) is 0.774. The molecule has 0 saturated carbocycles. The highest BCUT2D eigenvalue weighted by atomic mass is 16.1. The van der Waals surface area contributed by atoms with Gasteiger partial charge in [0.2, 0.25) is 0 Å². The maximum Gasteiger partial charge on any atom is 0.251 e. The van der Waals surface area contributed by atoms with Crippen LogP contribution in [0.3, 0.4) is 0 Å². The number of hydrogen-bond acceptors (Lipinski definition) is 5. The van der Waals surface area contributed by atoms with Crippen molar-refractivity contribution in [3.63, 3.8) is 0 Å². The van der Waals surface area contributed by atoms with Gasteiger partial charge in [0, 0.05) is 29.6 Å². The average molecular weight is 336 g/mol. The van der Waals surface area contributed by atoms with Crippen molar-refractivity contribution in [2.45, 2.75) is 32.9 Å². The molecule has 0 fully saturated rings. The van der Waals surface area contributed by atoms with E-state index in [4.69, 9.17) is 0 Å². The van der Waals surface area contributed by atoms with E-state index in [1.54, 1.807) is 30.9 Å². The molecule has 0 radical (unpaired) electrons. The lowest BCUT2D eigenvalue weighted by Gasteiger charge is -2.17. The summed E-state index contributed by atoms with van der Waals surface area (Å²) in [5.41, 5.74) is 2.46. The first-order valence-electron chi connectivity index (χ1n) is 8.12. The molecule has 1 aromatic carbocycles. The fourth-order valence-corrected chi connectivity index (χ4v) is 2.57. The Morgan fingerprint density at radius 3 is 2.36 bits per heavy atom. The first kappa shape index (κ1) is 16.8. The fraction of sp³-hybridized carbons (Fsp3) is 0.278. The second-order valence-electron chi connectivity index (χ2n) is 6.09. The summed E-state index contributed by atoms with van der Waals surface area (Å²) in [6.45, 7) is 6.00. The SMILES string of the molecule is CC(NC(=O)c1ccc(-c2cncnc2)cc1)c1nncn1C(C)C. The Morgan fingerprint density at radius 1 is 1.04 bits per heavy atom. The summed E-state index contributed by atoms with van der Waals surface area (Å²) in [5, 5.41) is 11.0. The third-order valence-electron chi connectivity index (χ3n) is 3.93. The van der Waals surface area contributed by atoms with Gasteiger partial charge in [-0.05, 0) is 38.5 Å². The number of nitrogens with zero attached hydrogens (tertiary/aromatic N) is 5. The molecule has 25 heavy (non-hydrogen) atoms. The van der Waals surface area contributed by atoms with Crippen LogP contribution in [0.5, 0.6) is 0 Å². The van der Waals surface area contributed by atoms with Gasteiger partial charge in [-0.2, -0.15) is 0 Å². The van der Waals surface area contributed by atoms with Gasteiger partial charge in [0.05, 0.1) is 6.04 Å². The number of aromatic nitrogens is 5. The van der Waals surface area contributed by atoms with Gasteiger partial charge in [0.1, 0.15) is 12.7 Å². The summed E-state index contributed by atoms with van der Waals surface area (Å²) in [5.74, 6) is 0.586. The Bertz CT molecular complexity index is 842. The third kappa shape index (κ3) is 3.71. The number of hydrogen-bond donors (Lipinski definition) is 1. The van der Waals surface area contributed by atoms with Crippen molar-refractivity contribution in [2.75, 3.05) is 0 Å². The predicted molar refractivity (Wildman–Crippen MR) is 93.8 cm³/mol. The van der Waals surface area contributed by atoms with Crippen molar-refractivity contribution in [2.24, 2.45) is 0 Å². The van der Waals surface area contributed by atoms with E-state index in [1.807, 2.05) is 37.5 Å². The van der Waals surface area contributed by atoms with Crippen LogP contribution in [0.1, 0.15) is 49.0 Å². The molecule has 2 heterocycles. The number of nitrogens with one attached hydrogen (secondary N) is 1. The minimum absolute atomic E-state index is 0.151. The summed E-state index contributed by atoms with van der Waals surface area (Å²) in [4.78, 5) is 20.5. The number of rotatable bonds is 5. The molecule has 128 valence electrons. The first-order valence-corrected chi connectivity index (χ1v) is 8.12. The summed E-state index contributed by atoms with van der Waals surface area (Å²) in [6.07, 6.45) is 6.65. The molecule has 0 aliphatic heterocycles. The predicted octanol–water partition coefficient (Wildman–Crippen LogP) is 2.81. The van der Waals surface area contributed by atoms with Crippen LogP contribution in [0.2, 0.25) is 0 Å². The minimum Gasteiger partial charge on any atom is -0.342 e. The molecule has 0 saturated heterocycles. The Morgan fingerprint density at radius 2 is 1.72 bits per heavy atom. The molecule has 0 bridgehead atoms. The lowest BCUT2D eigenvalue weighted by Crippen LogP contribution is -2.29. The van der Waals surface area contributed by atoms with Crippen LogP contribution in [-0.2, 0) is 0 Å². The van der Waals surface area contributed by atoms with Crippen molar-refractivity contribution in [3.8, 4) is 11.1 Å². The molecule has 1 N–H and O–H groups in total. The molecule has 7 nitrogen and oxygen atoms in total. The van der Waals surface area contributed by atoms with Gasteiger partial charge in [-0.1, -0.05) is 12.1 Å². The normalized spacial score (nSPS) is 12.2. The van der Waals surface area contributed by atoms with E-state index in [0.717, 1.165) is 17.0 Å². The highest BCUT2D eigenvalue weighted by molar-refractivity contribution is 5.94. The molecule has 0 aliphatic carbocycles. The molecule has 1 amide bonds. The second-order valence-corrected chi connectivity index (χ2v) is 6.09. The van der Waals surface area contributed by atoms with Crippen molar-refractivity contribution in [1.29, 1.82) is 0 Å². The Kier molecular flexibility index (Phi) is 4.83. The Balaban J connectivity index is 1.72. The molecule has 3 aromatic rings. The second kappa shape index (κ2) is 7.21. The zero-order chi connectivity index (χ0) is 17.8. The lowest BCUT2D eigenvalue weighted by atomic mass is 10.1. The number of carbonyl (C=O) groups excluding carboxylic acids is 1. The fourth-order valence-electron chi connectivity index (χ4n) is 2.57. The van der Waals surface area contributed by atoms with Crippen LogP contribution in [0, 0.1) is 0 Å². The van der Waals surface area contributed by atoms with Crippen LogP contribution >= 0.6 is 0 Å². The number of amides is 1. The van der Waals surface area contributed by atoms with Gasteiger partial charge < -0.3 is 9.88 Å². The average Bonchev–Trinajstić information content (AvgIpc) is 3.13. The van der Waals surface area contributed by atoms with E-state index >= 15 is 0 Å². The van der Waals surface area contributed by atoms with Crippen molar-refractivity contribution >= 4 is 5.91 Å². The molecular weight excluding hydrogens is 316 g/mol. The standard InChI is InChI=1S/C18H20N6O/c1-12(2)24-11-21-23-17(24)13(3)22-18(25)15-6-4-14(5-7-15)16-8-19-10-20-9-16/h4-13H,1-3H3,(H,22,25). The van der Waals surface area contributed by atoms with Gasteiger partial charge >= 0.3 is 0 Å². The highest BCUT2D eigenvalue weighted by Crippen LogP contribution is 2.19. The molecule has 0 spiro atoms. The van der Waals surface area contributed by atoms with Crippen LogP contribution in [0.15, 0.2) is 49.3 Å². The van der Waals surface area contributed by atoms with E-state index in [1.165, 1.54) is 6.33 Å². The molecule has 2 aromatic heterocycles. The zero-order valence-corrected chi connectivity index (χ0v) is 14.4. The summed E-state index contributed by atoms with van der Waals surface area (Å²) in [6, 6.07) is 7.34. The summed E-state index contributed by atoms with van der Waals surface area (Å²) in [7, 11) is 0. The Hall–Kier alpha value is -3.09. The maximum atomic E-state index is 12.5. The third-order valence-corrected chi connectivity index (χ3v) is 3.93. The molecule has 1 atom stereocenters. The van der Waals surface area contributed by atoms with E-state index in [9.17, 15) is 4.79 Å². The van der Waals surface area contributed by atoms with E-state index in [-0.39, 0.29) is 18.0 Å². The van der Waals surface area contributed by atoms with Gasteiger partial charge in [-0.25, -0.2) is 9.97 Å². The van der Waals surface area contributed by atoms with Crippen LogP contribution in [0.25, 0.3) is 11.1 Å². The van der Waals surface area contributed by atoms with Crippen LogP contribution in [0.4, 0.5) is 0 Å². The molecular formula is C18H20N6O. The van der Waals surface area contributed by atoms with Gasteiger partial charge in [-0.3, -0.25) is 4.79 Å². The molecule has 0 aliphatic rings. The number of benzene rings is 1. The zero-order valence-electron chi connectivity index (χ0n) is 14.4. The van der Waals surface area contributed by atoms with Gasteiger partial charge in [0.25, 0.3) is 5.91 Å². The number of carbonyl (C=O) groups is 1. The maximum absolute atomic E-state index is 12.5. The van der Waals surface area contributed by atoms with Gasteiger partial charge in [-0.15, -0.1) is 10.2 Å². The van der Waals surface area contributed by atoms with E-state index in [2.05, 4.69) is 25.5 Å². The smallest absolute Gasteiger partial charge is 0.251 e. The monoisotopic (exact) mass is 336 g/mol. The molecule has 1 unspecified atom stereocenters. The molecule has 7 heteroatoms. The summed E-state index contributed by atoms with van der Waals surface area (Å²) < 4.78 is 1.95. The van der Waals surface area contributed by atoms with E-state index < -0.39 is 0 Å². The van der Waals surface area contributed by atoms with Gasteiger partial charge in [0.15, 0.2) is 5.82 Å². The topological polar surface area (TPSA) is 85.6 Å². The lowest BCUT2D eigenvalue weighted by molar-refractivity contribution is 0.0937. The first-order chi connectivity index (χ1) is 12.1. The highest BCUT2D eigenvalue weighted by Gasteiger charge is 2.17. The van der Waals surface area contributed by atoms with Crippen molar-refractivity contribution in [1.82, 2.24) is 30.0 Å². The van der Waals surface area contributed by atoms with Crippen molar-refractivity contribution < 1.29 is 4.79 Å². The largest absolute Gasteiger partial charge is 0.342 e. The van der Waals surface area contributed by atoms with Crippen LogP contribution in [-0.4, -0.2) is 30.6 Å². The van der Waals surface area contributed by atoms with Crippen molar-refractivity contribution in [3.05, 3.63) is 60.7 Å². The molecule has 3 rings (SSSR count). The van der Waals surface area contributed by atoms with E-state index in [0.29, 0.717) is 5.56 Å².